The van der Waals surface area contributed by atoms with E-state index in [1.54, 1.807) is 14.2 Å². The standard InChI is InChI=1S/C21H27NO4/c1-4-26-21(23)17(12-15-8-6-5-7-9-15)18(14-22)16-10-11-19(24-2)20(13-16)25-3/h5-11,13,17-18H,4,12,14,22H2,1-3H3. The van der Waals surface area contributed by atoms with Crippen LogP contribution in [-0.2, 0) is 16.0 Å². The lowest BCUT2D eigenvalue weighted by Crippen LogP contribution is -2.31. The molecule has 0 saturated heterocycles. The molecule has 140 valence electrons. The zero-order chi connectivity index (χ0) is 18.9. The number of nitrogens with two attached hydrogens (primary N) is 1. The summed E-state index contributed by atoms with van der Waals surface area (Å²) in [4.78, 5) is 12.7. The lowest BCUT2D eigenvalue weighted by molar-refractivity contribution is -0.148. The summed E-state index contributed by atoms with van der Waals surface area (Å²) in [5, 5.41) is 0. The van der Waals surface area contributed by atoms with Crippen molar-refractivity contribution in [2.24, 2.45) is 11.7 Å². The Kier molecular flexibility index (Phi) is 7.48. The fourth-order valence-electron chi connectivity index (χ4n) is 3.12. The van der Waals surface area contributed by atoms with Crippen molar-refractivity contribution in [2.45, 2.75) is 19.3 Å². The van der Waals surface area contributed by atoms with Crippen molar-refractivity contribution in [2.75, 3.05) is 27.4 Å². The molecule has 0 heterocycles. The molecule has 0 spiro atoms. The van der Waals surface area contributed by atoms with Crippen molar-refractivity contribution >= 4 is 5.97 Å². The summed E-state index contributed by atoms with van der Waals surface area (Å²) in [6.07, 6.45) is 0.565. The van der Waals surface area contributed by atoms with Crippen molar-refractivity contribution < 1.29 is 19.0 Å². The molecule has 2 unspecified atom stereocenters. The Balaban J connectivity index is 2.38. The lowest BCUT2D eigenvalue weighted by Gasteiger charge is -2.25. The minimum Gasteiger partial charge on any atom is -0.493 e. The van der Waals surface area contributed by atoms with Gasteiger partial charge in [0.25, 0.3) is 0 Å². The van der Waals surface area contributed by atoms with Crippen LogP contribution in [0.5, 0.6) is 11.5 Å². The normalized spacial score (nSPS) is 12.9. The molecule has 0 aliphatic rings. The molecule has 0 bridgehead atoms. The fourth-order valence-corrected chi connectivity index (χ4v) is 3.12. The van der Waals surface area contributed by atoms with Crippen molar-refractivity contribution in [3.8, 4) is 11.5 Å². The van der Waals surface area contributed by atoms with Crippen LogP contribution in [0.25, 0.3) is 0 Å². The van der Waals surface area contributed by atoms with Crippen molar-refractivity contribution in [1.82, 2.24) is 0 Å². The second-order valence-corrected chi connectivity index (χ2v) is 6.00. The predicted octanol–water partition coefficient (Wildman–Crippen LogP) is 3.17. The van der Waals surface area contributed by atoms with Crippen LogP contribution in [0.1, 0.15) is 24.0 Å². The minimum atomic E-state index is -0.375. The summed E-state index contributed by atoms with van der Waals surface area (Å²) >= 11 is 0. The first-order chi connectivity index (χ1) is 12.6. The third kappa shape index (κ3) is 4.76. The molecule has 0 aliphatic heterocycles. The maximum absolute atomic E-state index is 12.7. The number of hydrogen-bond donors (Lipinski definition) is 1. The summed E-state index contributed by atoms with van der Waals surface area (Å²) in [6.45, 7) is 2.48. The van der Waals surface area contributed by atoms with Gasteiger partial charge in [-0.2, -0.15) is 0 Å². The van der Waals surface area contributed by atoms with Crippen LogP contribution in [0.2, 0.25) is 0 Å². The molecule has 0 aliphatic carbocycles. The maximum atomic E-state index is 12.7. The van der Waals surface area contributed by atoms with E-state index in [4.69, 9.17) is 19.9 Å². The highest BCUT2D eigenvalue weighted by molar-refractivity contribution is 5.74. The zero-order valence-electron chi connectivity index (χ0n) is 15.6. The molecule has 0 amide bonds. The summed E-state index contributed by atoms with van der Waals surface area (Å²) in [6, 6.07) is 15.5. The summed E-state index contributed by atoms with van der Waals surface area (Å²) < 4.78 is 16.0. The monoisotopic (exact) mass is 357 g/mol. The first-order valence-electron chi connectivity index (χ1n) is 8.77. The van der Waals surface area contributed by atoms with E-state index >= 15 is 0 Å². The van der Waals surface area contributed by atoms with E-state index in [0.29, 0.717) is 31.1 Å². The highest BCUT2D eigenvalue weighted by Gasteiger charge is 2.30. The van der Waals surface area contributed by atoms with Crippen molar-refractivity contribution in [1.29, 1.82) is 0 Å². The van der Waals surface area contributed by atoms with Gasteiger partial charge in [-0.1, -0.05) is 36.4 Å². The first-order valence-corrected chi connectivity index (χ1v) is 8.77. The van der Waals surface area contributed by atoms with Gasteiger partial charge in [0.1, 0.15) is 0 Å². The van der Waals surface area contributed by atoms with E-state index in [2.05, 4.69) is 0 Å². The van der Waals surface area contributed by atoms with Crippen LogP contribution in [0.15, 0.2) is 48.5 Å². The minimum absolute atomic E-state index is 0.186. The van der Waals surface area contributed by atoms with Gasteiger partial charge >= 0.3 is 5.97 Å². The Bertz CT molecular complexity index is 702. The number of ether oxygens (including phenoxy) is 3. The molecule has 26 heavy (non-hydrogen) atoms. The molecule has 2 N–H and O–H groups in total. The predicted molar refractivity (Wildman–Crippen MR) is 102 cm³/mol. The van der Waals surface area contributed by atoms with Gasteiger partial charge in [0.05, 0.1) is 26.7 Å². The Morgan fingerprint density at radius 1 is 1.04 bits per heavy atom. The van der Waals surface area contributed by atoms with Gasteiger partial charge in [-0.3, -0.25) is 4.79 Å². The smallest absolute Gasteiger partial charge is 0.309 e. The Morgan fingerprint density at radius 3 is 2.31 bits per heavy atom. The second kappa shape index (κ2) is 9.82. The van der Waals surface area contributed by atoms with Crippen LogP contribution in [0.4, 0.5) is 0 Å². The van der Waals surface area contributed by atoms with Crippen LogP contribution in [-0.4, -0.2) is 33.3 Å². The van der Waals surface area contributed by atoms with Gasteiger partial charge in [-0.15, -0.1) is 0 Å². The number of methoxy groups -OCH3 is 2. The van der Waals surface area contributed by atoms with Crippen LogP contribution in [0.3, 0.4) is 0 Å². The van der Waals surface area contributed by atoms with Gasteiger partial charge in [-0.05, 0) is 36.6 Å². The van der Waals surface area contributed by atoms with Gasteiger partial charge in [0, 0.05) is 12.5 Å². The van der Waals surface area contributed by atoms with Crippen molar-refractivity contribution in [3.05, 3.63) is 59.7 Å². The van der Waals surface area contributed by atoms with Crippen LogP contribution in [0, 0.1) is 5.92 Å². The topological polar surface area (TPSA) is 70.8 Å². The molecular formula is C21H27NO4. The SMILES string of the molecule is CCOC(=O)C(Cc1ccccc1)C(CN)c1ccc(OC)c(OC)c1. The number of carbonyl (C=O) groups excluding carboxylic acids is 1. The third-order valence-electron chi connectivity index (χ3n) is 4.46. The van der Waals surface area contributed by atoms with Crippen LogP contribution < -0.4 is 15.2 Å². The van der Waals surface area contributed by atoms with Gasteiger partial charge in [0.15, 0.2) is 11.5 Å². The van der Waals surface area contributed by atoms with Gasteiger partial charge in [0.2, 0.25) is 0 Å². The van der Waals surface area contributed by atoms with E-state index in [9.17, 15) is 4.79 Å². The molecule has 0 fully saturated rings. The molecule has 5 heteroatoms. The highest BCUT2D eigenvalue weighted by Crippen LogP contribution is 2.34. The van der Waals surface area contributed by atoms with Gasteiger partial charge in [-0.25, -0.2) is 0 Å². The largest absolute Gasteiger partial charge is 0.493 e. The molecule has 2 rings (SSSR count). The Hall–Kier alpha value is -2.53. The molecule has 0 saturated carbocycles. The average Bonchev–Trinajstić information content (AvgIpc) is 2.68. The zero-order valence-corrected chi connectivity index (χ0v) is 15.6. The molecule has 2 atom stereocenters. The Morgan fingerprint density at radius 2 is 1.73 bits per heavy atom. The second-order valence-electron chi connectivity index (χ2n) is 6.00. The highest BCUT2D eigenvalue weighted by atomic mass is 16.5. The van der Waals surface area contributed by atoms with Gasteiger partial charge < -0.3 is 19.9 Å². The molecule has 0 aromatic heterocycles. The van der Waals surface area contributed by atoms with E-state index < -0.39 is 0 Å². The molecule has 2 aromatic rings. The molecule has 0 radical (unpaired) electrons. The summed E-state index contributed by atoms with van der Waals surface area (Å²) in [5.74, 6) is 0.463. The maximum Gasteiger partial charge on any atom is 0.309 e. The molecular weight excluding hydrogens is 330 g/mol. The quantitative estimate of drug-likeness (QED) is 0.698. The Labute approximate surface area is 155 Å². The number of rotatable bonds is 9. The number of carbonyl (C=O) groups is 1. The number of hydrogen-bond acceptors (Lipinski definition) is 5. The summed E-state index contributed by atoms with van der Waals surface area (Å²) in [5.41, 5.74) is 8.08. The number of esters is 1. The summed E-state index contributed by atoms with van der Waals surface area (Å²) in [7, 11) is 3.18. The van der Waals surface area contributed by atoms with Crippen LogP contribution >= 0.6 is 0 Å². The molecule has 5 nitrogen and oxygen atoms in total. The lowest BCUT2D eigenvalue weighted by atomic mass is 9.82. The van der Waals surface area contributed by atoms with E-state index in [1.165, 1.54) is 0 Å². The third-order valence-corrected chi connectivity index (χ3v) is 4.46. The number of benzene rings is 2. The fraction of sp³-hybridized carbons (Fsp3) is 0.381. The van der Waals surface area contributed by atoms with E-state index in [-0.39, 0.29) is 17.8 Å². The first kappa shape index (κ1) is 19.8. The van der Waals surface area contributed by atoms with Crippen molar-refractivity contribution in [3.63, 3.8) is 0 Å². The van der Waals surface area contributed by atoms with E-state index in [1.807, 2.05) is 55.5 Å². The van der Waals surface area contributed by atoms with E-state index in [0.717, 1.165) is 11.1 Å². The average molecular weight is 357 g/mol. The molecule has 2 aromatic carbocycles.